The molecule has 2 saturated heterocycles. The number of hydrogen-bond donors (Lipinski definition) is 1. The lowest BCUT2D eigenvalue weighted by Gasteiger charge is -2.36. The molecule has 0 unspecified atom stereocenters. The highest BCUT2D eigenvalue weighted by atomic mass is 35.5. The molecule has 0 radical (unpaired) electrons. The summed E-state index contributed by atoms with van der Waals surface area (Å²) in [6, 6.07) is 10.0. The number of nitrogens with zero attached hydrogens (tertiary/aromatic N) is 4. The van der Waals surface area contributed by atoms with Gasteiger partial charge in [0, 0.05) is 58.4 Å². The fourth-order valence-corrected chi connectivity index (χ4v) is 5.19. The van der Waals surface area contributed by atoms with Gasteiger partial charge in [-0.1, -0.05) is 29.3 Å². The van der Waals surface area contributed by atoms with Gasteiger partial charge in [0.05, 0.1) is 22.3 Å². The molecule has 0 saturated carbocycles. The molecule has 0 bridgehead atoms. The van der Waals surface area contributed by atoms with E-state index in [1.807, 2.05) is 29.2 Å². The van der Waals surface area contributed by atoms with Crippen molar-refractivity contribution in [3.8, 4) is 0 Å². The highest BCUT2D eigenvalue weighted by molar-refractivity contribution is 6.43. The highest BCUT2D eigenvalue weighted by Gasteiger charge is 2.25. The molecule has 1 N–H and O–H groups in total. The minimum Gasteiger partial charge on any atom is -0.455 e. The van der Waals surface area contributed by atoms with E-state index in [2.05, 4.69) is 33.9 Å². The Hall–Kier alpha value is -1.77. The van der Waals surface area contributed by atoms with Gasteiger partial charge < -0.3 is 19.5 Å². The van der Waals surface area contributed by atoms with Gasteiger partial charge in [-0.25, -0.2) is 0 Å². The van der Waals surface area contributed by atoms with Crippen molar-refractivity contribution < 1.29 is 9.21 Å². The number of benzene rings is 1. The van der Waals surface area contributed by atoms with Gasteiger partial charge in [0.15, 0.2) is 5.76 Å². The fourth-order valence-electron chi connectivity index (χ4n) is 4.77. The van der Waals surface area contributed by atoms with Gasteiger partial charge in [0.25, 0.3) is 5.91 Å². The molecule has 2 aliphatic rings. The average Bonchev–Trinajstić information content (AvgIpc) is 3.34. The molecule has 2 aliphatic heterocycles. The van der Waals surface area contributed by atoms with E-state index in [9.17, 15) is 4.79 Å². The number of carbonyl (C=O) groups excluding carboxylic acids is 1. The van der Waals surface area contributed by atoms with E-state index in [0.29, 0.717) is 28.4 Å². The van der Waals surface area contributed by atoms with Crippen LogP contribution in [-0.2, 0) is 6.54 Å². The summed E-state index contributed by atoms with van der Waals surface area (Å²) in [4.78, 5) is 21.9. The number of hydrogen-bond acceptors (Lipinski definition) is 6. The lowest BCUT2D eigenvalue weighted by Crippen LogP contribution is -2.50. The van der Waals surface area contributed by atoms with Gasteiger partial charge in [-0.05, 0) is 57.6 Å². The first-order valence-corrected chi connectivity index (χ1v) is 13.4. The van der Waals surface area contributed by atoms with E-state index in [4.69, 9.17) is 27.6 Å². The van der Waals surface area contributed by atoms with E-state index in [1.165, 1.54) is 0 Å². The maximum Gasteiger partial charge on any atom is 0.289 e. The number of nitrogens with one attached hydrogen (secondary N) is 1. The molecule has 0 atom stereocenters. The van der Waals surface area contributed by atoms with Crippen molar-refractivity contribution in [1.29, 1.82) is 0 Å². The Morgan fingerprint density at radius 3 is 2.46 bits per heavy atom. The first-order valence-electron chi connectivity index (χ1n) is 12.7. The number of piperazine rings is 2. The minimum atomic E-state index is -0.00198. The molecule has 1 aromatic carbocycles. The summed E-state index contributed by atoms with van der Waals surface area (Å²) in [6.45, 7) is 14.2. The summed E-state index contributed by atoms with van der Waals surface area (Å²) in [6.07, 6.45) is 1.06. The Bertz CT molecular complexity index is 966. The second kappa shape index (κ2) is 12.5. The maximum atomic E-state index is 12.8. The normalized spacial score (nSPS) is 18.0. The number of halogens is 2. The Morgan fingerprint density at radius 2 is 1.74 bits per heavy atom. The Labute approximate surface area is 218 Å². The number of carbonyl (C=O) groups is 1. The summed E-state index contributed by atoms with van der Waals surface area (Å²) in [5.74, 6) is 1.25. The van der Waals surface area contributed by atoms with E-state index in [0.717, 1.165) is 83.3 Å². The van der Waals surface area contributed by atoms with E-state index in [1.54, 1.807) is 6.07 Å². The summed E-state index contributed by atoms with van der Waals surface area (Å²) in [5, 5.41) is 4.69. The molecule has 7 nitrogen and oxygen atoms in total. The Morgan fingerprint density at radius 1 is 1.00 bits per heavy atom. The van der Waals surface area contributed by atoms with Crippen molar-refractivity contribution >= 4 is 34.8 Å². The van der Waals surface area contributed by atoms with Crippen molar-refractivity contribution in [2.45, 2.75) is 32.9 Å². The number of furan rings is 1. The van der Waals surface area contributed by atoms with Gasteiger partial charge in [0.1, 0.15) is 5.76 Å². The zero-order valence-corrected chi connectivity index (χ0v) is 22.3. The lowest BCUT2D eigenvalue weighted by atomic mass is 10.2. The topological polar surface area (TPSA) is 55.2 Å². The van der Waals surface area contributed by atoms with Crippen LogP contribution in [0.15, 0.2) is 34.7 Å². The molecule has 192 valence electrons. The zero-order valence-electron chi connectivity index (χ0n) is 20.8. The van der Waals surface area contributed by atoms with Crippen LogP contribution in [0.2, 0.25) is 10.0 Å². The average molecular weight is 523 g/mol. The molecule has 35 heavy (non-hydrogen) atoms. The summed E-state index contributed by atoms with van der Waals surface area (Å²) in [7, 11) is 0. The quantitative estimate of drug-likeness (QED) is 0.502. The van der Waals surface area contributed by atoms with E-state index in [-0.39, 0.29) is 5.91 Å². The third-order valence-electron chi connectivity index (χ3n) is 6.98. The molecule has 3 heterocycles. The second-order valence-electron chi connectivity index (χ2n) is 9.62. The SMILES string of the molecule is CC(C)N1CCN(C(=O)c2ccc(CNCCCN3CCN(c4cccc(Cl)c4Cl)CC3)o2)CC1. The molecule has 1 amide bonds. The first kappa shape index (κ1) is 26.3. The maximum absolute atomic E-state index is 12.8. The largest absolute Gasteiger partial charge is 0.455 e. The van der Waals surface area contributed by atoms with E-state index >= 15 is 0 Å². The second-order valence-corrected chi connectivity index (χ2v) is 10.4. The highest BCUT2D eigenvalue weighted by Crippen LogP contribution is 2.32. The lowest BCUT2D eigenvalue weighted by molar-refractivity contribution is 0.0564. The molecule has 4 rings (SSSR count). The smallest absolute Gasteiger partial charge is 0.289 e. The number of anilines is 1. The minimum absolute atomic E-state index is 0.00198. The van der Waals surface area contributed by atoms with Crippen molar-refractivity contribution in [3.05, 3.63) is 51.9 Å². The molecule has 1 aromatic heterocycles. The van der Waals surface area contributed by atoms with Gasteiger partial charge in [-0.15, -0.1) is 0 Å². The molecule has 0 spiro atoms. The van der Waals surface area contributed by atoms with Crippen molar-refractivity contribution in [2.24, 2.45) is 0 Å². The first-order chi connectivity index (χ1) is 16.9. The van der Waals surface area contributed by atoms with Crippen LogP contribution in [0.4, 0.5) is 5.69 Å². The fraction of sp³-hybridized carbons (Fsp3) is 0.577. The standard InChI is InChI=1S/C26H37Cl2N5O2/c1-20(2)31-15-17-33(18-16-31)26(34)24-8-7-21(35-24)19-29-9-4-10-30-11-13-32(14-12-30)23-6-3-5-22(27)25(23)28/h3,5-8,20,29H,4,9-19H2,1-2H3. The monoisotopic (exact) mass is 521 g/mol. The van der Waals surface area contributed by atoms with Crippen LogP contribution in [0.5, 0.6) is 0 Å². The zero-order chi connectivity index (χ0) is 24.8. The van der Waals surface area contributed by atoms with Gasteiger partial charge in [-0.2, -0.15) is 0 Å². The van der Waals surface area contributed by atoms with Crippen LogP contribution in [0.25, 0.3) is 0 Å². The van der Waals surface area contributed by atoms with Crippen LogP contribution in [0.1, 0.15) is 36.6 Å². The van der Waals surface area contributed by atoms with Crippen molar-refractivity contribution in [2.75, 3.05) is 70.3 Å². The third kappa shape index (κ3) is 6.92. The number of amides is 1. The van der Waals surface area contributed by atoms with Gasteiger partial charge >= 0.3 is 0 Å². The molecule has 9 heteroatoms. The van der Waals surface area contributed by atoms with Gasteiger partial charge in [-0.3, -0.25) is 14.6 Å². The third-order valence-corrected chi connectivity index (χ3v) is 7.78. The van der Waals surface area contributed by atoms with Crippen molar-refractivity contribution in [3.63, 3.8) is 0 Å². The predicted molar refractivity (Wildman–Crippen MR) is 143 cm³/mol. The van der Waals surface area contributed by atoms with Crippen molar-refractivity contribution in [1.82, 2.24) is 20.0 Å². The number of rotatable bonds is 9. The predicted octanol–water partition coefficient (Wildman–Crippen LogP) is 4.05. The Balaban J connectivity index is 1.12. The summed E-state index contributed by atoms with van der Waals surface area (Å²) >= 11 is 12.5. The van der Waals surface area contributed by atoms with Crippen LogP contribution >= 0.6 is 23.2 Å². The van der Waals surface area contributed by atoms with Crippen LogP contribution in [0.3, 0.4) is 0 Å². The Kier molecular flexibility index (Phi) is 9.36. The molecule has 2 aromatic rings. The van der Waals surface area contributed by atoms with E-state index < -0.39 is 0 Å². The van der Waals surface area contributed by atoms with Crippen LogP contribution in [0, 0.1) is 0 Å². The molecule has 0 aliphatic carbocycles. The van der Waals surface area contributed by atoms with Crippen LogP contribution in [-0.4, -0.2) is 92.1 Å². The molecular weight excluding hydrogens is 485 g/mol. The summed E-state index contributed by atoms with van der Waals surface area (Å²) < 4.78 is 5.84. The molecular formula is C26H37Cl2N5O2. The van der Waals surface area contributed by atoms with Crippen LogP contribution < -0.4 is 10.2 Å². The van der Waals surface area contributed by atoms with Gasteiger partial charge in [0.2, 0.25) is 0 Å². The molecule has 2 fully saturated rings. The summed E-state index contributed by atoms with van der Waals surface area (Å²) in [5.41, 5.74) is 1.02.